The van der Waals surface area contributed by atoms with Crippen molar-refractivity contribution in [2.24, 2.45) is 4.99 Å². The summed E-state index contributed by atoms with van der Waals surface area (Å²) < 4.78 is 2.08. The first-order valence-electron chi connectivity index (χ1n) is 10.8. The number of benzene rings is 2. The van der Waals surface area contributed by atoms with Crippen molar-refractivity contribution in [3.63, 3.8) is 0 Å². The van der Waals surface area contributed by atoms with E-state index in [1.54, 1.807) is 6.33 Å². The molecular weight excluding hydrogens is 499 g/mol. The Labute approximate surface area is 202 Å². The molecule has 166 valence electrons. The first kappa shape index (κ1) is 24.8. The molecule has 7 heteroatoms. The number of aryl methyl sites for hydroxylation is 1. The van der Waals surface area contributed by atoms with Gasteiger partial charge in [-0.2, -0.15) is 0 Å². The number of hydrogen-bond acceptors (Lipinski definition) is 3. The number of halogens is 1. The van der Waals surface area contributed by atoms with Gasteiger partial charge >= 0.3 is 0 Å². The second-order valence-corrected chi connectivity index (χ2v) is 7.14. The number of hydrogen-bond donors (Lipinski definition) is 2. The average molecular weight is 532 g/mol. The van der Waals surface area contributed by atoms with E-state index >= 15 is 0 Å². The summed E-state index contributed by atoms with van der Waals surface area (Å²) >= 11 is 0. The fourth-order valence-corrected chi connectivity index (χ4v) is 3.58. The van der Waals surface area contributed by atoms with Crippen LogP contribution in [0, 0.1) is 0 Å². The number of aromatic nitrogens is 3. The maximum atomic E-state index is 4.82. The highest BCUT2D eigenvalue weighted by molar-refractivity contribution is 14.0. The zero-order chi connectivity index (χ0) is 21.0. The van der Waals surface area contributed by atoms with Crippen molar-refractivity contribution >= 4 is 29.9 Å². The molecule has 0 aliphatic carbocycles. The highest BCUT2D eigenvalue weighted by atomic mass is 127. The minimum absolute atomic E-state index is 0. The maximum Gasteiger partial charge on any atom is 0.191 e. The van der Waals surface area contributed by atoms with Crippen LogP contribution in [0.2, 0.25) is 0 Å². The van der Waals surface area contributed by atoms with E-state index in [4.69, 9.17) is 4.99 Å². The Morgan fingerprint density at radius 2 is 1.61 bits per heavy atom. The molecule has 0 aliphatic rings. The monoisotopic (exact) mass is 532 g/mol. The van der Waals surface area contributed by atoms with Gasteiger partial charge in [-0.05, 0) is 24.5 Å². The third kappa shape index (κ3) is 7.65. The molecule has 0 fully saturated rings. The van der Waals surface area contributed by atoms with Crippen molar-refractivity contribution in [2.45, 2.75) is 39.2 Å². The molecule has 6 nitrogen and oxygen atoms in total. The molecule has 2 N–H and O–H groups in total. The van der Waals surface area contributed by atoms with Crippen molar-refractivity contribution in [1.29, 1.82) is 0 Å². The Hall–Kier alpha value is -2.42. The molecule has 0 bridgehead atoms. The van der Waals surface area contributed by atoms with Gasteiger partial charge in [0, 0.05) is 38.5 Å². The predicted octanol–water partition coefficient (Wildman–Crippen LogP) is 4.24. The van der Waals surface area contributed by atoms with Crippen molar-refractivity contribution < 1.29 is 0 Å². The molecule has 1 aromatic heterocycles. The molecule has 0 saturated carbocycles. The van der Waals surface area contributed by atoms with Crippen LogP contribution < -0.4 is 10.6 Å². The first-order valence-corrected chi connectivity index (χ1v) is 10.8. The Morgan fingerprint density at radius 1 is 0.968 bits per heavy atom. The smallest absolute Gasteiger partial charge is 0.191 e. The fourth-order valence-electron chi connectivity index (χ4n) is 3.58. The van der Waals surface area contributed by atoms with Crippen LogP contribution in [0.1, 0.15) is 43.1 Å². The SMILES string of the molecule is CCNC(=NCCC(c1ccccc1)c1ccccc1)NCCn1cnnc1CC.I. The van der Waals surface area contributed by atoms with Gasteiger partial charge in [0.2, 0.25) is 0 Å². The van der Waals surface area contributed by atoms with Gasteiger partial charge in [0.25, 0.3) is 0 Å². The fraction of sp³-hybridized carbons (Fsp3) is 0.375. The minimum atomic E-state index is 0. The van der Waals surface area contributed by atoms with E-state index in [9.17, 15) is 0 Å². The maximum absolute atomic E-state index is 4.82. The van der Waals surface area contributed by atoms with Crippen molar-refractivity contribution in [3.05, 3.63) is 83.9 Å². The van der Waals surface area contributed by atoms with Crippen LogP contribution in [0.4, 0.5) is 0 Å². The van der Waals surface area contributed by atoms with Crippen LogP contribution in [-0.2, 0) is 13.0 Å². The summed E-state index contributed by atoms with van der Waals surface area (Å²) in [6.07, 6.45) is 3.62. The van der Waals surface area contributed by atoms with E-state index in [1.165, 1.54) is 11.1 Å². The lowest BCUT2D eigenvalue weighted by Crippen LogP contribution is -2.39. The van der Waals surface area contributed by atoms with Crippen molar-refractivity contribution in [3.8, 4) is 0 Å². The largest absolute Gasteiger partial charge is 0.357 e. The number of nitrogens with zero attached hydrogens (tertiary/aromatic N) is 4. The molecule has 3 aromatic rings. The van der Waals surface area contributed by atoms with E-state index in [1.807, 2.05) is 0 Å². The standard InChI is InChI=1S/C24H32N6.HI/c1-3-23-29-28-19-30(23)18-17-27-24(25-4-2)26-16-15-22(20-11-7-5-8-12-20)21-13-9-6-10-14-21;/h5-14,19,22H,3-4,15-18H2,1-2H3,(H2,25,26,27);1H. The molecule has 0 atom stereocenters. The molecular formula is C24H33IN6. The molecule has 31 heavy (non-hydrogen) atoms. The van der Waals surface area contributed by atoms with Crippen LogP contribution in [0.25, 0.3) is 0 Å². The first-order chi connectivity index (χ1) is 14.8. The van der Waals surface area contributed by atoms with Gasteiger partial charge in [-0.3, -0.25) is 4.99 Å². The van der Waals surface area contributed by atoms with Crippen LogP contribution in [0.3, 0.4) is 0 Å². The molecule has 0 amide bonds. The number of aliphatic imine (C=N–C) groups is 1. The molecule has 0 unspecified atom stereocenters. The quantitative estimate of drug-likeness (QED) is 0.233. The van der Waals surface area contributed by atoms with Crippen LogP contribution in [0.15, 0.2) is 72.0 Å². The minimum Gasteiger partial charge on any atom is -0.357 e. The van der Waals surface area contributed by atoms with Gasteiger partial charge in [-0.1, -0.05) is 67.6 Å². The summed E-state index contributed by atoms with van der Waals surface area (Å²) in [7, 11) is 0. The Bertz CT molecular complexity index is 855. The normalized spacial score (nSPS) is 11.3. The molecule has 0 saturated heterocycles. The van der Waals surface area contributed by atoms with E-state index in [0.29, 0.717) is 5.92 Å². The van der Waals surface area contributed by atoms with E-state index in [-0.39, 0.29) is 24.0 Å². The number of nitrogens with one attached hydrogen (secondary N) is 2. The summed E-state index contributed by atoms with van der Waals surface area (Å²) in [6, 6.07) is 21.4. The summed E-state index contributed by atoms with van der Waals surface area (Å²) in [4.78, 5) is 4.82. The molecule has 0 radical (unpaired) electrons. The van der Waals surface area contributed by atoms with Gasteiger partial charge in [0.05, 0.1) is 0 Å². The highest BCUT2D eigenvalue weighted by Crippen LogP contribution is 2.27. The number of rotatable bonds is 10. The predicted molar refractivity (Wildman–Crippen MR) is 138 cm³/mol. The van der Waals surface area contributed by atoms with Crippen LogP contribution in [-0.4, -0.2) is 40.4 Å². The van der Waals surface area contributed by atoms with Crippen LogP contribution >= 0.6 is 24.0 Å². The van der Waals surface area contributed by atoms with Crippen LogP contribution in [0.5, 0.6) is 0 Å². The molecule has 2 aromatic carbocycles. The molecule has 0 spiro atoms. The third-order valence-electron chi connectivity index (χ3n) is 5.09. The molecule has 3 rings (SSSR count). The van der Waals surface area contributed by atoms with E-state index < -0.39 is 0 Å². The van der Waals surface area contributed by atoms with Gasteiger partial charge in [0.1, 0.15) is 12.2 Å². The zero-order valence-electron chi connectivity index (χ0n) is 18.4. The van der Waals surface area contributed by atoms with Crippen molar-refractivity contribution in [2.75, 3.05) is 19.6 Å². The average Bonchev–Trinajstić information content (AvgIpc) is 3.25. The highest BCUT2D eigenvalue weighted by Gasteiger charge is 2.13. The number of guanidine groups is 1. The molecule has 1 heterocycles. The lowest BCUT2D eigenvalue weighted by atomic mass is 9.89. The van der Waals surface area contributed by atoms with Crippen molar-refractivity contribution in [1.82, 2.24) is 25.4 Å². The van der Waals surface area contributed by atoms with Gasteiger partial charge in [-0.25, -0.2) is 0 Å². The lowest BCUT2D eigenvalue weighted by Gasteiger charge is -2.18. The Balaban J connectivity index is 0.00000341. The van der Waals surface area contributed by atoms with E-state index in [2.05, 4.69) is 99.9 Å². The molecule has 0 aliphatic heterocycles. The lowest BCUT2D eigenvalue weighted by molar-refractivity contribution is 0.631. The summed E-state index contributed by atoms with van der Waals surface area (Å²) in [5.41, 5.74) is 2.66. The second-order valence-electron chi connectivity index (χ2n) is 7.14. The van der Waals surface area contributed by atoms with Gasteiger partial charge < -0.3 is 15.2 Å². The Kier molecular flexibility index (Phi) is 11.1. The zero-order valence-corrected chi connectivity index (χ0v) is 20.7. The van der Waals surface area contributed by atoms with E-state index in [0.717, 1.165) is 50.8 Å². The second kappa shape index (κ2) is 13.8. The summed E-state index contributed by atoms with van der Waals surface area (Å²) in [6.45, 7) is 7.35. The van der Waals surface area contributed by atoms with Gasteiger partial charge in [0.15, 0.2) is 5.96 Å². The topological polar surface area (TPSA) is 67.1 Å². The third-order valence-corrected chi connectivity index (χ3v) is 5.09. The summed E-state index contributed by atoms with van der Waals surface area (Å²) in [5.74, 6) is 2.19. The van der Waals surface area contributed by atoms with Gasteiger partial charge in [-0.15, -0.1) is 34.2 Å². The summed E-state index contributed by atoms with van der Waals surface area (Å²) in [5, 5.41) is 14.9. The Morgan fingerprint density at radius 3 is 2.19 bits per heavy atom.